The van der Waals surface area contributed by atoms with E-state index in [1.807, 2.05) is 47.4 Å². The second kappa shape index (κ2) is 6.89. The molecule has 0 saturated heterocycles. The molecule has 1 amide bonds. The molecule has 3 aromatic rings. The molecular formula is C20H20N4O. The molecule has 1 heterocycles. The van der Waals surface area contributed by atoms with Crippen molar-refractivity contribution in [1.82, 2.24) is 19.7 Å². The maximum Gasteiger partial charge on any atom is 0.254 e. The highest BCUT2D eigenvalue weighted by atomic mass is 16.2. The average Bonchev–Trinajstić information content (AvgIpc) is 3.37. The van der Waals surface area contributed by atoms with E-state index in [-0.39, 0.29) is 5.91 Å². The highest BCUT2D eigenvalue weighted by molar-refractivity contribution is 5.96. The van der Waals surface area contributed by atoms with Crippen LogP contribution in [-0.4, -0.2) is 31.6 Å². The van der Waals surface area contributed by atoms with E-state index < -0.39 is 0 Å². The van der Waals surface area contributed by atoms with Crippen molar-refractivity contribution < 1.29 is 4.79 Å². The number of carbonyl (C=O) groups is 1. The van der Waals surface area contributed by atoms with Gasteiger partial charge in [0.1, 0.15) is 12.7 Å². The van der Waals surface area contributed by atoms with Gasteiger partial charge in [-0.3, -0.25) is 4.79 Å². The van der Waals surface area contributed by atoms with Crippen molar-refractivity contribution in [2.75, 3.05) is 0 Å². The standard InChI is InChI=1S/C20H20N4O/c25-20(24(18-10-11-18)12-16-6-2-1-3-7-16)19-9-5-4-8-17(19)13-23-15-21-14-22-23/h1-9,14-15,18H,10-13H2. The first kappa shape index (κ1) is 15.6. The van der Waals surface area contributed by atoms with Crippen LogP contribution in [0.2, 0.25) is 0 Å². The van der Waals surface area contributed by atoms with Gasteiger partial charge in [-0.05, 0) is 30.0 Å². The summed E-state index contributed by atoms with van der Waals surface area (Å²) < 4.78 is 1.74. The predicted molar refractivity (Wildman–Crippen MR) is 94.9 cm³/mol. The number of hydrogen-bond acceptors (Lipinski definition) is 3. The third-order valence-corrected chi connectivity index (χ3v) is 4.49. The highest BCUT2D eigenvalue weighted by Crippen LogP contribution is 2.30. The zero-order valence-corrected chi connectivity index (χ0v) is 14.0. The van der Waals surface area contributed by atoms with Crippen LogP contribution >= 0.6 is 0 Å². The monoisotopic (exact) mass is 332 g/mol. The third-order valence-electron chi connectivity index (χ3n) is 4.49. The van der Waals surface area contributed by atoms with E-state index in [0.717, 1.165) is 29.5 Å². The van der Waals surface area contributed by atoms with Gasteiger partial charge in [0.15, 0.2) is 0 Å². The van der Waals surface area contributed by atoms with Gasteiger partial charge in [0.2, 0.25) is 0 Å². The topological polar surface area (TPSA) is 51.0 Å². The molecular weight excluding hydrogens is 312 g/mol. The smallest absolute Gasteiger partial charge is 0.254 e. The van der Waals surface area contributed by atoms with Crippen LogP contribution in [0, 0.1) is 0 Å². The number of amides is 1. The van der Waals surface area contributed by atoms with E-state index >= 15 is 0 Å². The van der Waals surface area contributed by atoms with Gasteiger partial charge in [0.05, 0.1) is 6.54 Å². The molecule has 0 unspecified atom stereocenters. The Kier molecular flexibility index (Phi) is 4.29. The number of rotatable bonds is 6. The molecule has 25 heavy (non-hydrogen) atoms. The summed E-state index contributed by atoms with van der Waals surface area (Å²) in [6.45, 7) is 1.20. The molecule has 2 aromatic carbocycles. The fourth-order valence-corrected chi connectivity index (χ4v) is 3.04. The van der Waals surface area contributed by atoms with Gasteiger partial charge in [-0.15, -0.1) is 0 Å². The lowest BCUT2D eigenvalue weighted by Gasteiger charge is -2.24. The minimum absolute atomic E-state index is 0.0991. The van der Waals surface area contributed by atoms with Crippen LogP contribution < -0.4 is 0 Å². The molecule has 1 fully saturated rings. The normalized spacial score (nSPS) is 13.6. The largest absolute Gasteiger partial charge is 0.331 e. The molecule has 0 bridgehead atoms. The van der Waals surface area contributed by atoms with Gasteiger partial charge in [0, 0.05) is 18.2 Å². The fourth-order valence-electron chi connectivity index (χ4n) is 3.04. The Morgan fingerprint density at radius 2 is 1.84 bits per heavy atom. The van der Waals surface area contributed by atoms with Crippen molar-refractivity contribution >= 4 is 5.91 Å². The van der Waals surface area contributed by atoms with E-state index in [1.165, 1.54) is 6.33 Å². The van der Waals surface area contributed by atoms with Gasteiger partial charge >= 0.3 is 0 Å². The lowest BCUT2D eigenvalue weighted by molar-refractivity contribution is 0.0728. The van der Waals surface area contributed by atoms with E-state index in [9.17, 15) is 4.79 Å². The molecule has 5 heteroatoms. The summed E-state index contributed by atoms with van der Waals surface area (Å²) in [6, 6.07) is 18.3. The summed E-state index contributed by atoms with van der Waals surface area (Å²) in [6.07, 6.45) is 5.36. The molecule has 0 atom stereocenters. The molecule has 0 spiro atoms. The lowest BCUT2D eigenvalue weighted by atomic mass is 10.1. The van der Waals surface area contributed by atoms with E-state index in [1.54, 1.807) is 11.0 Å². The van der Waals surface area contributed by atoms with Crippen LogP contribution in [0.3, 0.4) is 0 Å². The Hall–Kier alpha value is -2.95. The van der Waals surface area contributed by atoms with Gasteiger partial charge in [0.25, 0.3) is 5.91 Å². The Bertz CT molecular complexity index is 841. The first-order chi connectivity index (χ1) is 12.3. The zero-order valence-electron chi connectivity index (χ0n) is 14.0. The van der Waals surface area contributed by atoms with Crippen LogP contribution in [0.15, 0.2) is 67.3 Å². The summed E-state index contributed by atoms with van der Waals surface area (Å²) in [4.78, 5) is 19.2. The van der Waals surface area contributed by atoms with Crippen molar-refractivity contribution in [2.24, 2.45) is 0 Å². The lowest BCUT2D eigenvalue weighted by Crippen LogP contribution is -2.33. The SMILES string of the molecule is O=C(c1ccccc1Cn1cncn1)N(Cc1ccccc1)C1CC1. The molecule has 4 rings (SSSR count). The number of carbonyl (C=O) groups excluding carboxylic acids is 1. The van der Waals surface area contributed by atoms with E-state index in [2.05, 4.69) is 22.2 Å². The molecule has 1 aliphatic rings. The molecule has 1 saturated carbocycles. The number of hydrogen-bond donors (Lipinski definition) is 0. The third kappa shape index (κ3) is 3.60. The zero-order chi connectivity index (χ0) is 17.1. The van der Waals surface area contributed by atoms with E-state index in [0.29, 0.717) is 19.1 Å². The average molecular weight is 332 g/mol. The van der Waals surface area contributed by atoms with Crippen molar-refractivity contribution in [1.29, 1.82) is 0 Å². The molecule has 0 N–H and O–H groups in total. The van der Waals surface area contributed by atoms with Crippen LogP contribution in [0.5, 0.6) is 0 Å². The van der Waals surface area contributed by atoms with Crippen molar-refractivity contribution in [3.05, 3.63) is 83.9 Å². The van der Waals surface area contributed by atoms with Gasteiger partial charge < -0.3 is 4.90 Å². The van der Waals surface area contributed by atoms with Crippen LogP contribution in [0.25, 0.3) is 0 Å². The number of benzene rings is 2. The number of aromatic nitrogens is 3. The van der Waals surface area contributed by atoms with Crippen LogP contribution in [-0.2, 0) is 13.1 Å². The Morgan fingerprint density at radius 1 is 1.08 bits per heavy atom. The first-order valence-corrected chi connectivity index (χ1v) is 8.56. The van der Waals surface area contributed by atoms with Gasteiger partial charge in [-0.2, -0.15) is 5.10 Å². The summed E-state index contributed by atoms with van der Waals surface area (Å²) in [7, 11) is 0. The molecule has 0 aliphatic heterocycles. The summed E-state index contributed by atoms with van der Waals surface area (Å²) in [5, 5.41) is 4.15. The van der Waals surface area contributed by atoms with Crippen molar-refractivity contribution in [3.8, 4) is 0 Å². The summed E-state index contributed by atoms with van der Waals surface area (Å²) in [5.74, 6) is 0.0991. The van der Waals surface area contributed by atoms with E-state index in [4.69, 9.17) is 0 Å². The van der Waals surface area contributed by atoms with Crippen molar-refractivity contribution in [3.63, 3.8) is 0 Å². The molecule has 126 valence electrons. The van der Waals surface area contributed by atoms with Crippen LogP contribution in [0.4, 0.5) is 0 Å². The minimum atomic E-state index is 0.0991. The van der Waals surface area contributed by atoms with Gasteiger partial charge in [-0.1, -0.05) is 48.5 Å². The maximum atomic E-state index is 13.3. The number of nitrogens with zero attached hydrogens (tertiary/aromatic N) is 4. The minimum Gasteiger partial charge on any atom is -0.331 e. The molecule has 1 aromatic heterocycles. The maximum absolute atomic E-state index is 13.3. The second-order valence-corrected chi connectivity index (χ2v) is 6.40. The Morgan fingerprint density at radius 3 is 2.56 bits per heavy atom. The molecule has 0 radical (unpaired) electrons. The van der Waals surface area contributed by atoms with Gasteiger partial charge in [-0.25, -0.2) is 9.67 Å². The summed E-state index contributed by atoms with van der Waals surface area (Å²) >= 11 is 0. The van der Waals surface area contributed by atoms with Crippen LogP contribution in [0.1, 0.15) is 34.3 Å². The first-order valence-electron chi connectivity index (χ1n) is 8.56. The molecule has 1 aliphatic carbocycles. The predicted octanol–water partition coefficient (Wildman–Crippen LogP) is 3.13. The highest BCUT2D eigenvalue weighted by Gasteiger charge is 2.33. The Labute approximate surface area is 146 Å². The quantitative estimate of drug-likeness (QED) is 0.697. The molecule has 5 nitrogen and oxygen atoms in total. The fraction of sp³-hybridized carbons (Fsp3) is 0.250. The summed E-state index contributed by atoms with van der Waals surface area (Å²) in [5.41, 5.74) is 2.88. The Balaban J connectivity index is 1.60. The van der Waals surface area contributed by atoms with Crippen molar-refractivity contribution in [2.45, 2.75) is 32.0 Å². The second-order valence-electron chi connectivity index (χ2n) is 6.40.